The number of fused-ring (bicyclic) bond motifs is 1. The molecule has 0 aliphatic carbocycles. The first-order valence-corrected chi connectivity index (χ1v) is 5.69. The lowest BCUT2D eigenvalue weighted by molar-refractivity contribution is 1.11. The van der Waals surface area contributed by atoms with Crippen LogP contribution in [0.15, 0.2) is 53.1 Å². The van der Waals surface area contributed by atoms with Crippen molar-refractivity contribution in [2.24, 2.45) is 0 Å². The minimum Gasteiger partial charge on any atom is -0.282 e. The Kier molecular flexibility index (Phi) is 2.22. The molecule has 0 radical (unpaired) electrons. The highest BCUT2D eigenvalue weighted by atomic mass is 79.9. The lowest BCUT2D eigenvalue weighted by Crippen LogP contribution is -1.88. The van der Waals surface area contributed by atoms with Crippen LogP contribution in [0.4, 0.5) is 0 Å². The summed E-state index contributed by atoms with van der Waals surface area (Å²) in [6.45, 7) is 0. The SMILES string of the molecule is Brc1ccn2c(-c3ccccc3)nnc2c1. The smallest absolute Gasteiger partial charge is 0.168 e. The largest absolute Gasteiger partial charge is 0.282 e. The molecular weight excluding hydrogens is 266 g/mol. The minimum atomic E-state index is 0.841. The molecule has 3 aromatic rings. The highest BCUT2D eigenvalue weighted by Gasteiger charge is 2.06. The summed E-state index contributed by atoms with van der Waals surface area (Å²) >= 11 is 3.42. The Labute approximate surface area is 101 Å². The summed E-state index contributed by atoms with van der Waals surface area (Å²) in [5.74, 6) is 0.864. The van der Waals surface area contributed by atoms with Crippen molar-refractivity contribution < 1.29 is 0 Å². The maximum absolute atomic E-state index is 4.20. The van der Waals surface area contributed by atoms with Gasteiger partial charge in [-0.25, -0.2) is 0 Å². The monoisotopic (exact) mass is 273 g/mol. The molecule has 78 valence electrons. The molecule has 3 rings (SSSR count). The van der Waals surface area contributed by atoms with Crippen LogP contribution < -0.4 is 0 Å². The summed E-state index contributed by atoms with van der Waals surface area (Å²) in [6, 6.07) is 14.0. The zero-order valence-electron chi connectivity index (χ0n) is 8.34. The molecule has 0 aliphatic heterocycles. The molecule has 0 spiro atoms. The Morgan fingerprint density at radius 3 is 2.62 bits per heavy atom. The van der Waals surface area contributed by atoms with Gasteiger partial charge in [0.25, 0.3) is 0 Å². The fourth-order valence-electron chi connectivity index (χ4n) is 1.65. The molecule has 1 aromatic carbocycles. The van der Waals surface area contributed by atoms with Crippen molar-refractivity contribution in [2.75, 3.05) is 0 Å². The molecule has 0 unspecified atom stereocenters. The predicted molar refractivity (Wildman–Crippen MR) is 66.1 cm³/mol. The Balaban J connectivity index is 2.26. The molecule has 3 nitrogen and oxygen atoms in total. The van der Waals surface area contributed by atoms with Crippen molar-refractivity contribution in [3.8, 4) is 11.4 Å². The zero-order chi connectivity index (χ0) is 11.0. The predicted octanol–water partition coefficient (Wildman–Crippen LogP) is 3.16. The third kappa shape index (κ3) is 1.51. The molecule has 4 heteroatoms. The zero-order valence-corrected chi connectivity index (χ0v) is 9.92. The number of hydrogen-bond acceptors (Lipinski definition) is 2. The summed E-state index contributed by atoms with van der Waals surface area (Å²) in [6.07, 6.45) is 1.96. The number of nitrogens with zero attached hydrogens (tertiary/aromatic N) is 3. The van der Waals surface area contributed by atoms with Crippen molar-refractivity contribution in [1.29, 1.82) is 0 Å². The van der Waals surface area contributed by atoms with Crippen molar-refractivity contribution in [3.63, 3.8) is 0 Å². The minimum absolute atomic E-state index is 0.841. The van der Waals surface area contributed by atoms with Gasteiger partial charge in [-0.1, -0.05) is 46.3 Å². The standard InChI is InChI=1S/C12H8BrN3/c13-10-6-7-16-11(8-10)14-15-12(16)9-4-2-1-3-5-9/h1-8H. The van der Waals surface area contributed by atoms with E-state index in [1.807, 2.05) is 53.1 Å². The van der Waals surface area contributed by atoms with Gasteiger partial charge in [-0.2, -0.15) is 0 Å². The average molecular weight is 274 g/mol. The van der Waals surface area contributed by atoms with Gasteiger partial charge in [0, 0.05) is 16.2 Å². The topological polar surface area (TPSA) is 30.2 Å². The summed E-state index contributed by atoms with van der Waals surface area (Å²) in [5.41, 5.74) is 1.91. The molecule has 0 amide bonds. The molecule has 0 saturated carbocycles. The van der Waals surface area contributed by atoms with Crippen molar-refractivity contribution in [2.45, 2.75) is 0 Å². The first-order valence-electron chi connectivity index (χ1n) is 4.90. The van der Waals surface area contributed by atoms with E-state index in [4.69, 9.17) is 0 Å². The second-order valence-corrected chi connectivity index (χ2v) is 4.38. The van der Waals surface area contributed by atoms with Crippen LogP contribution in [0.2, 0.25) is 0 Å². The molecular formula is C12H8BrN3. The Morgan fingerprint density at radius 2 is 1.81 bits per heavy atom. The van der Waals surface area contributed by atoms with E-state index < -0.39 is 0 Å². The maximum atomic E-state index is 4.20. The van der Waals surface area contributed by atoms with Crippen LogP contribution in [0.25, 0.3) is 17.0 Å². The van der Waals surface area contributed by atoms with E-state index in [0.717, 1.165) is 21.5 Å². The quantitative estimate of drug-likeness (QED) is 0.682. The average Bonchev–Trinajstić information content (AvgIpc) is 2.73. The maximum Gasteiger partial charge on any atom is 0.168 e. The molecule has 0 bridgehead atoms. The van der Waals surface area contributed by atoms with Crippen LogP contribution in [-0.4, -0.2) is 14.6 Å². The van der Waals surface area contributed by atoms with E-state index in [1.54, 1.807) is 0 Å². The molecule has 0 aliphatic rings. The van der Waals surface area contributed by atoms with Gasteiger partial charge in [-0.05, 0) is 12.1 Å². The molecule has 0 N–H and O–H groups in total. The van der Waals surface area contributed by atoms with Crippen LogP contribution in [0.1, 0.15) is 0 Å². The van der Waals surface area contributed by atoms with Gasteiger partial charge in [-0.3, -0.25) is 4.40 Å². The summed E-state index contributed by atoms with van der Waals surface area (Å²) in [7, 11) is 0. The van der Waals surface area contributed by atoms with Crippen molar-refractivity contribution in [1.82, 2.24) is 14.6 Å². The lowest BCUT2D eigenvalue weighted by atomic mass is 10.2. The summed E-state index contributed by atoms with van der Waals surface area (Å²) < 4.78 is 2.98. The van der Waals surface area contributed by atoms with Crippen molar-refractivity contribution in [3.05, 3.63) is 53.1 Å². The van der Waals surface area contributed by atoms with E-state index in [-0.39, 0.29) is 0 Å². The van der Waals surface area contributed by atoms with Gasteiger partial charge in [0.1, 0.15) is 0 Å². The third-order valence-corrected chi connectivity index (χ3v) is 2.90. The Morgan fingerprint density at radius 1 is 1.00 bits per heavy atom. The normalized spacial score (nSPS) is 10.8. The van der Waals surface area contributed by atoms with Gasteiger partial charge in [-0.15, -0.1) is 10.2 Å². The van der Waals surface area contributed by atoms with Crippen molar-refractivity contribution >= 4 is 21.6 Å². The van der Waals surface area contributed by atoms with Crippen LogP contribution in [-0.2, 0) is 0 Å². The number of benzene rings is 1. The van der Waals surface area contributed by atoms with Gasteiger partial charge >= 0.3 is 0 Å². The first-order chi connectivity index (χ1) is 7.84. The number of pyridine rings is 1. The molecule has 2 aromatic heterocycles. The lowest BCUT2D eigenvalue weighted by Gasteiger charge is -1.99. The number of hydrogen-bond donors (Lipinski definition) is 0. The molecule has 2 heterocycles. The summed E-state index contributed by atoms with van der Waals surface area (Å²) in [4.78, 5) is 0. The van der Waals surface area contributed by atoms with Crippen LogP contribution in [0, 0.1) is 0 Å². The highest BCUT2D eigenvalue weighted by molar-refractivity contribution is 9.10. The van der Waals surface area contributed by atoms with Gasteiger partial charge < -0.3 is 0 Å². The van der Waals surface area contributed by atoms with E-state index >= 15 is 0 Å². The van der Waals surface area contributed by atoms with E-state index in [1.165, 1.54) is 0 Å². The van der Waals surface area contributed by atoms with Crippen LogP contribution in [0.5, 0.6) is 0 Å². The first kappa shape index (κ1) is 9.54. The van der Waals surface area contributed by atoms with E-state index in [2.05, 4.69) is 26.1 Å². The van der Waals surface area contributed by atoms with E-state index in [9.17, 15) is 0 Å². The third-order valence-electron chi connectivity index (χ3n) is 2.40. The summed E-state index contributed by atoms with van der Waals surface area (Å²) in [5, 5.41) is 8.34. The van der Waals surface area contributed by atoms with E-state index in [0.29, 0.717) is 0 Å². The molecule has 0 saturated heterocycles. The number of halogens is 1. The Bertz CT molecular complexity index is 631. The highest BCUT2D eigenvalue weighted by Crippen LogP contribution is 2.19. The van der Waals surface area contributed by atoms with Gasteiger partial charge in [0.05, 0.1) is 0 Å². The number of rotatable bonds is 1. The molecule has 0 atom stereocenters. The van der Waals surface area contributed by atoms with Gasteiger partial charge in [0.2, 0.25) is 0 Å². The fraction of sp³-hybridized carbons (Fsp3) is 0. The molecule has 0 fully saturated rings. The van der Waals surface area contributed by atoms with Crippen LogP contribution >= 0.6 is 15.9 Å². The van der Waals surface area contributed by atoms with Crippen LogP contribution in [0.3, 0.4) is 0 Å². The fourth-order valence-corrected chi connectivity index (χ4v) is 1.97. The molecule has 16 heavy (non-hydrogen) atoms. The second kappa shape index (κ2) is 3.72. The van der Waals surface area contributed by atoms with Gasteiger partial charge in [0.15, 0.2) is 11.5 Å². The second-order valence-electron chi connectivity index (χ2n) is 3.46. The Hall–Kier alpha value is -1.68. The number of aromatic nitrogens is 3.